The number of ether oxygens (including phenoxy) is 2. The zero-order chi connectivity index (χ0) is 26.0. The summed E-state index contributed by atoms with van der Waals surface area (Å²) in [6.45, 7) is 13.4. The molecule has 1 aliphatic heterocycles. The number of carbonyl (C=O) groups excluding carboxylic acids is 1. The number of rotatable bonds is 9. The van der Waals surface area contributed by atoms with Crippen molar-refractivity contribution in [2.45, 2.75) is 65.8 Å². The molecule has 3 saturated carbocycles. The third-order valence-corrected chi connectivity index (χ3v) is 10.4. The Hall–Kier alpha value is -1.25. The van der Waals surface area contributed by atoms with Crippen molar-refractivity contribution < 1.29 is 29.0 Å². The summed E-state index contributed by atoms with van der Waals surface area (Å²) in [6, 6.07) is 0. The van der Waals surface area contributed by atoms with Gasteiger partial charge in [0.05, 0.1) is 31.2 Å². The Kier molecular flexibility index (Phi) is 6.73. The number of halogens is 1. The Bertz CT molecular complexity index is 968. The molecule has 0 amide bonds. The summed E-state index contributed by atoms with van der Waals surface area (Å²) in [5, 5.41) is 13.3. The van der Waals surface area contributed by atoms with E-state index in [1.54, 1.807) is 5.06 Å². The largest absolute Gasteiger partial charge is 0.481 e. The molecule has 200 valence electrons. The van der Waals surface area contributed by atoms with Crippen LogP contribution in [0, 0.1) is 45.8 Å². The Morgan fingerprint density at radius 2 is 2.08 bits per heavy atom. The van der Waals surface area contributed by atoms with Gasteiger partial charge in [-0.15, -0.1) is 0 Å². The highest BCUT2D eigenvalue weighted by molar-refractivity contribution is 6.29. The maximum atomic E-state index is 13.5. The van der Waals surface area contributed by atoms with E-state index in [-0.39, 0.29) is 37.1 Å². The number of nitrogens with zero attached hydrogens (tertiary/aromatic N) is 1. The molecular formula is C28H40ClNO6. The zero-order valence-corrected chi connectivity index (χ0v) is 22.6. The molecule has 4 aliphatic carbocycles. The number of fused-ring (bicyclic) bond motifs is 2. The second-order valence-corrected chi connectivity index (χ2v) is 12.8. The molecule has 0 spiro atoms. The molecule has 1 N–H and O–H groups in total. The molecule has 9 atom stereocenters. The third kappa shape index (κ3) is 3.46. The van der Waals surface area contributed by atoms with Gasteiger partial charge in [0, 0.05) is 10.4 Å². The number of aliphatic carboxylic acids is 1. The Labute approximate surface area is 219 Å². The van der Waals surface area contributed by atoms with Gasteiger partial charge in [-0.25, -0.2) is 0 Å². The van der Waals surface area contributed by atoms with Crippen LogP contribution in [0.4, 0.5) is 0 Å². The first-order valence-corrected chi connectivity index (χ1v) is 13.8. The second kappa shape index (κ2) is 9.19. The van der Waals surface area contributed by atoms with Gasteiger partial charge in [0.25, 0.3) is 0 Å². The van der Waals surface area contributed by atoms with Crippen molar-refractivity contribution in [1.29, 1.82) is 0 Å². The zero-order valence-electron chi connectivity index (χ0n) is 21.9. The lowest BCUT2D eigenvalue weighted by Crippen LogP contribution is -2.64. The van der Waals surface area contributed by atoms with Crippen molar-refractivity contribution in [1.82, 2.24) is 5.06 Å². The number of carbonyl (C=O) groups is 2. The standard InChI is InChI=1S/C28H40ClNO6/c1-16(2)23-8-20-9-26(14-31)22-7-6-17(3)21(22)10-27(20,28(23,26)25(32)33)15-34-24-12-30(11-19(5)36-24)35-13-18(4)29/h8,14,16-17,19-22,24H,4,6-7,9-13,15H2,1-3,5H3,(H,32,33)/t17-,19-,20+,21-,22-,24-,26+,27?,28+/m1/s1. The number of hydrogen-bond donors (Lipinski definition) is 1. The predicted octanol–water partition coefficient (Wildman–Crippen LogP) is 4.66. The highest BCUT2D eigenvalue weighted by Crippen LogP contribution is 2.82. The van der Waals surface area contributed by atoms with Gasteiger partial charge in [-0.2, -0.15) is 5.06 Å². The summed E-state index contributed by atoms with van der Waals surface area (Å²) < 4.78 is 12.6. The fourth-order valence-corrected chi connectivity index (χ4v) is 9.16. The van der Waals surface area contributed by atoms with E-state index in [0.717, 1.165) is 31.1 Å². The summed E-state index contributed by atoms with van der Waals surface area (Å²) in [4.78, 5) is 32.4. The van der Waals surface area contributed by atoms with Crippen LogP contribution in [0.5, 0.6) is 0 Å². The molecule has 0 aromatic rings. The van der Waals surface area contributed by atoms with Crippen LogP contribution >= 0.6 is 11.6 Å². The Morgan fingerprint density at radius 3 is 2.72 bits per heavy atom. The fourth-order valence-electron chi connectivity index (χ4n) is 9.11. The Morgan fingerprint density at radius 1 is 1.33 bits per heavy atom. The van der Waals surface area contributed by atoms with Crippen LogP contribution in [-0.2, 0) is 23.9 Å². The number of morpholine rings is 1. The first kappa shape index (κ1) is 26.4. The summed E-state index contributed by atoms with van der Waals surface area (Å²) >= 11 is 5.88. The quantitative estimate of drug-likeness (QED) is 0.349. The lowest BCUT2D eigenvalue weighted by molar-refractivity contribution is -0.289. The number of carboxylic acids is 1. The topological polar surface area (TPSA) is 85.3 Å². The molecule has 7 nitrogen and oxygen atoms in total. The van der Waals surface area contributed by atoms with Crippen LogP contribution in [-0.4, -0.2) is 61.1 Å². The van der Waals surface area contributed by atoms with Gasteiger partial charge in [0.2, 0.25) is 0 Å². The van der Waals surface area contributed by atoms with Crippen molar-refractivity contribution in [2.75, 3.05) is 26.3 Å². The van der Waals surface area contributed by atoms with Gasteiger partial charge in [-0.05, 0) is 55.8 Å². The first-order valence-electron chi connectivity index (χ1n) is 13.4. The molecule has 0 radical (unpaired) electrons. The molecule has 1 unspecified atom stereocenters. The number of hydrogen-bond acceptors (Lipinski definition) is 6. The molecule has 4 fully saturated rings. The maximum absolute atomic E-state index is 13.5. The van der Waals surface area contributed by atoms with Crippen LogP contribution in [0.2, 0.25) is 0 Å². The highest BCUT2D eigenvalue weighted by atomic mass is 35.5. The van der Waals surface area contributed by atoms with Crippen molar-refractivity contribution >= 4 is 23.9 Å². The maximum Gasteiger partial charge on any atom is 0.315 e. The second-order valence-electron chi connectivity index (χ2n) is 12.3. The van der Waals surface area contributed by atoms with Gasteiger partial charge in [0.1, 0.15) is 18.3 Å². The van der Waals surface area contributed by atoms with E-state index in [4.69, 9.17) is 25.9 Å². The number of carboxylic acid groups (broad SMARTS) is 1. The number of hydroxylamine groups is 2. The van der Waals surface area contributed by atoms with Crippen LogP contribution in [0.25, 0.3) is 0 Å². The molecule has 8 heteroatoms. The summed E-state index contributed by atoms with van der Waals surface area (Å²) in [7, 11) is 0. The van der Waals surface area contributed by atoms with Crippen molar-refractivity contribution in [2.24, 2.45) is 45.8 Å². The van der Waals surface area contributed by atoms with Crippen LogP contribution in [0.15, 0.2) is 23.3 Å². The lowest BCUT2D eigenvalue weighted by Gasteiger charge is -2.58. The fraction of sp³-hybridized carbons (Fsp3) is 0.786. The molecule has 4 bridgehead atoms. The highest BCUT2D eigenvalue weighted by Gasteiger charge is 2.84. The predicted molar refractivity (Wildman–Crippen MR) is 135 cm³/mol. The minimum absolute atomic E-state index is 0.00180. The minimum atomic E-state index is -1.24. The third-order valence-electron chi connectivity index (χ3n) is 10.2. The van der Waals surface area contributed by atoms with E-state index >= 15 is 0 Å². The van der Waals surface area contributed by atoms with Crippen molar-refractivity contribution in [3.05, 3.63) is 23.3 Å². The Balaban J connectivity index is 1.49. The smallest absolute Gasteiger partial charge is 0.315 e. The van der Waals surface area contributed by atoms with E-state index in [2.05, 4.69) is 33.4 Å². The molecule has 0 aromatic heterocycles. The molecule has 5 rings (SSSR count). The van der Waals surface area contributed by atoms with E-state index in [0.29, 0.717) is 36.4 Å². The molecule has 1 saturated heterocycles. The summed E-state index contributed by atoms with van der Waals surface area (Å²) in [5.41, 5.74) is -1.87. The van der Waals surface area contributed by atoms with E-state index in [1.807, 2.05) is 6.92 Å². The molecule has 0 aromatic carbocycles. The van der Waals surface area contributed by atoms with Crippen molar-refractivity contribution in [3.63, 3.8) is 0 Å². The average Bonchev–Trinajstić information content (AvgIpc) is 3.38. The SMILES string of the molecule is C=C(Cl)CON1C[C@H](OCC23C[C@@H]4[C@H](C)CC[C@H]4[C@@]4(C=O)C[C@@H]2C=C(C(C)C)[C@@]34C(=O)O)O[C@H](C)C1. The van der Waals surface area contributed by atoms with Gasteiger partial charge >= 0.3 is 5.97 Å². The van der Waals surface area contributed by atoms with Gasteiger partial charge in [-0.3, -0.25) is 9.63 Å². The monoisotopic (exact) mass is 521 g/mol. The van der Waals surface area contributed by atoms with E-state index < -0.39 is 28.5 Å². The van der Waals surface area contributed by atoms with Gasteiger partial charge < -0.3 is 19.4 Å². The normalized spacial score (nSPS) is 45.6. The lowest BCUT2D eigenvalue weighted by atomic mass is 9.43. The van der Waals surface area contributed by atoms with E-state index in [9.17, 15) is 14.7 Å². The van der Waals surface area contributed by atoms with Crippen LogP contribution in [0.1, 0.15) is 53.4 Å². The van der Waals surface area contributed by atoms with Gasteiger partial charge in [0.15, 0.2) is 6.29 Å². The average molecular weight is 522 g/mol. The number of aldehydes is 1. The molecule has 36 heavy (non-hydrogen) atoms. The first-order chi connectivity index (χ1) is 17.0. The van der Waals surface area contributed by atoms with E-state index in [1.165, 1.54) is 0 Å². The van der Waals surface area contributed by atoms with Crippen LogP contribution < -0.4 is 0 Å². The molecule has 1 heterocycles. The van der Waals surface area contributed by atoms with Crippen LogP contribution in [0.3, 0.4) is 0 Å². The summed E-state index contributed by atoms with van der Waals surface area (Å²) in [5.74, 6) is 0.0936. The van der Waals surface area contributed by atoms with Gasteiger partial charge in [-0.1, -0.05) is 57.0 Å². The minimum Gasteiger partial charge on any atom is -0.481 e. The molecule has 5 aliphatic rings. The molecular weight excluding hydrogens is 482 g/mol. The summed E-state index contributed by atoms with van der Waals surface area (Å²) in [6.07, 6.45) is 5.90. The van der Waals surface area contributed by atoms with Crippen molar-refractivity contribution in [3.8, 4) is 0 Å². The number of allylic oxidation sites excluding steroid dienone is 1.